The largest absolute Gasteiger partial charge is 0.478 e. The average molecular weight is 244 g/mol. The Kier molecular flexibility index (Phi) is 4.06. The first-order chi connectivity index (χ1) is 8.78. The highest BCUT2D eigenvalue weighted by Gasteiger charge is 2.02. The predicted molar refractivity (Wildman–Crippen MR) is 69.5 cm³/mol. The zero-order valence-electron chi connectivity index (χ0n) is 10.6. The van der Waals surface area contributed by atoms with Gasteiger partial charge in [0.05, 0.1) is 6.61 Å². The van der Waals surface area contributed by atoms with Crippen molar-refractivity contribution in [2.75, 3.05) is 11.9 Å². The van der Waals surface area contributed by atoms with Gasteiger partial charge in [0.25, 0.3) is 0 Å². The van der Waals surface area contributed by atoms with E-state index in [0.29, 0.717) is 24.9 Å². The minimum absolute atomic E-state index is 0.596. The summed E-state index contributed by atoms with van der Waals surface area (Å²) in [5.74, 6) is 2.04. The van der Waals surface area contributed by atoms with E-state index in [1.54, 1.807) is 12.3 Å². The van der Waals surface area contributed by atoms with Crippen LogP contribution in [0, 0.1) is 6.92 Å². The fourth-order valence-corrected chi connectivity index (χ4v) is 1.55. The molecule has 1 N–H and O–H groups in total. The fourth-order valence-electron chi connectivity index (χ4n) is 1.55. The van der Waals surface area contributed by atoms with Gasteiger partial charge < -0.3 is 10.1 Å². The number of hydrogen-bond donors (Lipinski definition) is 1. The smallest absolute Gasteiger partial charge is 0.218 e. The predicted octanol–water partition coefficient (Wildman–Crippen LogP) is 2.19. The molecule has 2 heterocycles. The van der Waals surface area contributed by atoms with E-state index in [2.05, 4.69) is 20.3 Å². The molecule has 0 saturated heterocycles. The van der Waals surface area contributed by atoms with Gasteiger partial charge in [-0.1, -0.05) is 6.07 Å². The van der Waals surface area contributed by atoms with Crippen LogP contribution in [-0.2, 0) is 6.54 Å². The molecule has 5 heteroatoms. The average Bonchev–Trinajstić information content (AvgIpc) is 2.37. The maximum atomic E-state index is 5.38. The van der Waals surface area contributed by atoms with Crippen LogP contribution < -0.4 is 10.1 Å². The molecule has 2 aromatic heterocycles. The highest BCUT2D eigenvalue weighted by Crippen LogP contribution is 2.14. The van der Waals surface area contributed by atoms with E-state index in [1.807, 2.05) is 32.2 Å². The van der Waals surface area contributed by atoms with E-state index >= 15 is 0 Å². The molecule has 0 aliphatic carbocycles. The third-order valence-electron chi connectivity index (χ3n) is 2.30. The summed E-state index contributed by atoms with van der Waals surface area (Å²) in [6.45, 7) is 5.05. The van der Waals surface area contributed by atoms with Crippen molar-refractivity contribution in [1.82, 2.24) is 15.0 Å². The molecule has 0 atom stereocenters. The summed E-state index contributed by atoms with van der Waals surface area (Å²) < 4.78 is 5.38. The third-order valence-corrected chi connectivity index (χ3v) is 2.30. The van der Waals surface area contributed by atoms with Crippen molar-refractivity contribution in [3.8, 4) is 5.88 Å². The Bertz CT molecular complexity index is 502. The van der Waals surface area contributed by atoms with Crippen LogP contribution in [0.1, 0.15) is 18.3 Å². The summed E-state index contributed by atoms with van der Waals surface area (Å²) in [4.78, 5) is 12.6. The zero-order chi connectivity index (χ0) is 12.8. The summed E-state index contributed by atoms with van der Waals surface area (Å²) in [7, 11) is 0. The first kappa shape index (κ1) is 12.3. The SMILES string of the molecule is CCOc1cc(NCc2cccnc2)nc(C)n1. The summed E-state index contributed by atoms with van der Waals surface area (Å²) in [5, 5.41) is 3.23. The van der Waals surface area contributed by atoms with Gasteiger partial charge in [-0.3, -0.25) is 4.98 Å². The van der Waals surface area contributed by atoms with E-state index in [0.717, 1.165) is 11.4 Å². The van der Waals surface area contributed by atoms with Crippen LogP contribution in [0.3, 0.4) is 0 Å². The lowest BCUT2D eigenvalue weighted by Gasteiger charge is -2.08. The molecule has 0 unspecified atom stereocenters. The first-order valence-corrected chi connectivity index (χ1v) is 5.89. The molecule has 94 valence electrons. The van der Waals surface area contributed by atoms with E-state index in [9.17, 15) is 0 Å². The number of aryl methyl sites for hydroxylation is 1. The number of anilines is 1. The zero-order valence-corrected chi connectivity index (χ0v) is 10.6. The van der Waals surface area contributed by atoms with Crippen molar-refractivity contribution in [3.05, 3.63) is 42.0 Å². The molecule has 0 bridgehead atoms. The van der Waals surface area contributed by atoms with Crippen molar-refractivity contribution >= 4 is 5.82 Å². The molecule has 0 aromatic carbocycles. The van der Waals surface area contributed by atoms with E-state index in [1.165, 1.54) is 0 Å². The monoisotopic (exact) mass is 244 g/mol. The van der Waals surface area contributed by atoms with Gasteiger partial charge in [-0.25, -0.2) is 4.98 Å². The normalized spacial score (nSPS) is 10.1. The highest BCUT2D eigenvalue weighted by molar-refractivity contribution is 5.39. The van der Waals surface area contributed by atoms with Gasteiger partial charge in [-0.2, -0.15) is 4.98 Å². The third kappa shape index (κ3) is 3.41. The number of nitrogens with zero attached hydrogens (tertiary/aromatic N) is 3. The second-order valence-corrected chi connectivity index (χ2v) is 3.79. The molecule has 0 aliphatic rings. The van der Waals surface area contributed by atoms with E-state index in [4.69, 9.17) is 4.74 Å². The topological polar surface area (TPSA) is 59.9 Å². The highest BCUT2D eigenvalue weighted by atomic mass is 16.5. The van der Waals surface area contributed by atoms with Crippen LogP contribution in [0.2, 0.25) is 0 Å². The quantitative estimate of drug-likeness (QED) is 0.873. The number of ether oxygens (including phenoxy) is 1. The number of aromatic nitrogens is 3. The maximum Gasteiger partial charge on any atom is 0.218 e. The minimum atomic E-state index is 0.596. The second-order valence-electron chi connectivity index (χ2n) is 3.79. The van der Waals surface area contributed by atoms with Crippen molar-refractivity contribution < 1.29 is 4.74 Å². The summed E-state index contributed by atoms with van der Waals surface area (Å²) >= 11 is 0. The Labute approximate surface area is 106 Å². The van der Waals surface area contributed by atoms with Crippen molar-refractivity contribution in [2.24, 2.45) is 0 Å². The molecule has 0 spiro atoms. The molecule has 0 amide bonds. The molecule has 0 saturated carbocycles. The van der Waals surface area contributed by atoms with E-state index < -0.39 is 0 Å². The van der Waals surface area contributed by atoms with Gasteiger partial charge in [0.1, 0.15) is 11.6 Å². The number of hydrogen-bond acceptors (Lipinski definition) is 5. The van der Waals surface area contributed by atoms with Gasteiger partial charge in [-0.15, -0.1) is 0 Å². The van der Waals surface area contributed by atoms with Gasteiger partial charge in [0, 0.05) is 25.0 Å². The first-order valence-electron chi connectivity index (χ1n) is 5.89. The number of pyridine rings is 1. The standard InChI is InChI=1S/C13H16N4O/c1-3-18-13-7-12(16-10(2)17-13)15-9-11-5-4-6-14-8-11/h4-8H,3,9H2,1-2H3,(H,15,16,17). The molecule has 0 fully saturated rings. The number of nitrogens with one attached hydrogen (secondary N) is 1. The van der Waals surface area contributed by atoms with Crippen molar-refractivity contribution in [1.29, 1.82) is 0 Å². The lowest BCUT2D eigenvalue weighted by atomic mass is 10.3. The van der Waals surface area contributed by atoms with Gasteiger partial charge in [-0.05, 0) is 25.5 Å². The lowest BCUT2D eigenvalue weighted by molar-refractivity contribution is 0.325. The van der Waals surface area contributed by atoms with Gasteiger partial charge in [0.2, 0.25) is 5.88 Å². The lowest BCUT2D eigenvalue weighted by Crippen LogP contribution is -2.05. The molecular weight excluding hydrogens is 228 g/mol. The van der Waals surface area contributed by atoms with Gasteiger partial charge >= 0.3 is 0 Å². The molecule has 2 rings (SSSR count). The van der Waals surface area contributed by atoms with Crippen molar-refractivity contribution in [2.45, 2.75) is 20.4 Å². The fraction of sp³-hybridized carbons (Fsp3) is 0.308. The molecular formula is C13H16N4O. The molecule has 0 aliphatic heterocycles. The van der Waals surface area contributed by atoms with Crippen LogP contribution in [0.25, 0.3) is 0 Å². The van der Waals surface area contributed by atoms with Crippen LogP contribution >= 0.6 is 0 Å². The maximum absolute atomic E-state index is 5.38. The molecule has 18 heavy (non-hydrogen) atoms. The Morgan fingerprint density at radius 2 is 2.22 bits per heavy atom. The second kappa shape index (κ2) is 5.95. The Morgan fingerprint density at radius 1 is 1.33 bits per heavy atom. The molecule has 5 nitrogen and oxygen atoms in total. The summed E-state index contributed by atoms with van der Waals surface area (Å²) in [6.07, 6.45) is 3.58. The molecule has 2 aromatic rings. The Hall–Kier alpha value is -2.17. The van der Waals surface area contributed by atoms with Gasteiger partial charge in [0.15, 0.2) is 0 Å². The van der Waals surface area contributed by atoms with Crippen LogP contribution in [-0.4, -0.2) is 21.6 Å². The van der Waals surface area contributed by atoms with Crippen LogP contribution in [0.5, 0.6) is 5.88 Å². The summed E-state index contributed by atoms with van der Waals surface area (Å²) in [5.41, 5.74) is 1.10. The van der Waals surface area contributed by atoms with Crippen molar-refractivity contribution in [3.63, 3.8) is 0 Å². The minimum Gasteiger partial charge on any atom is -0.478 e. The van der Waals surface area contributed by atoms with Crippen LogP contribution in [0.15, 0.2) is 30.6 Å². The Balaban J connectivity index is 2.05. The van der Waals surface area contributed by atoms with E-state index in [-0.39, 0.29) is 0 Å². The van der Waals surface area contributed by atoms with Crippen LogP contribution in [0.4, 0.5) is 5.82 Å². The summed E-state index contributed by atoms with van der Waals surface area (Å²) in [6, 6.07) is 5.72. The number of rotatable bonds is 5. The molecule has 0 radical (unpaired) electrons. The Morgan fingerprint density at radius 3 is 2.94 bits per heavy atom.